The van der Waals surface area contributed by atoms with Crippen LogP contribution >= 0.6 is 0 Å². The Balaban J connectivity index is 2.41. The molecule has 0 aliphatic carbocycles. The largest absolute Gasteiger partial charge is 0.480 e. The summed E-state index contributed by atoms with van der Waals surface area (Å²) >= 11 is 0. The van der Waals surface area contributed by atoms with E-state index in [0.717, 1.165) is 15.4 Å². The van der Waals surface area contributed by atoms with Crippen LogP contribution in [-0.4, -0.2) is 85.3 Å². The van der Waals surface area contributed by atoms with Gasteiger partial charge in [-0.25, -0.2) is 0 Å². The zero-order chi connectivity index (χ0) is 25.1. The maximum atomic E-state index is 11.1. The van der Waals surface area contributed by atoms with E-state index in [9.17, 15) is 19.2 Å². The van der Waals surface area contributed by atoms with Crippen LogP contribution in [0.3, 0.4) is 0 Å². The average Bonchev–Trinajstić information content (AvgIpc) is 2.71. The lowest BCUT2D eigenvalue weighted by Gasteiger charge is -2.20. The Kier molecular flexibility index (Phi) is 9.70. The van der Waals surface area contributed by atoms with Crippen LogP contribution in [0.2, 0.25) is 0 Å². The van der Waals surface area contributed by atoms with E-state index >= 15 is 0 Å². The van der Waals surface area contributed by atoms with E-state index in [0.29, 0.717) is 17.0 Å². The van der Waals surface area contributed by atoms with Crippen molar-refractivity contribution in [1.82, 2.24) is 14.8 Å². The highest BCUT2D eigenvalue weighted by atomic mass is 16.4. The van der Waals surface area contributed by atoms with Crippen LogP contribution in [0.1, 0.15) is 22.5 Å². The number of carboxylic acids is 4. The van der Waals surface area contributed by atoms with E-state index < -0.39 is 50.1 Å². The van der Waals surface area contributed by atoms with E-state index in [4.69, 9.17) is 20.4 Å². The van der Waals surface area contributed by atoms with Gasteiger partial charge in [0.1, 0.15) is 0 Å². The van der Waals surface area contributed by atoms with Crippen LogP contribution in [-0.2, 0) is 32.3 Å². The van der Waals surface area contributed by atoms with Gasteiger partial charge >= 0.3 is 23.9 Å². The van der Waals surface area contributed by atoms with Crippen LogP contribution in [0, 0.1) is 11.8 Å². The molecule has 0 amide bonds. The summed E-state index contributed by atoms with van der Waals surface area (Å²) in [6.07, 6.45) is 0. The summed E-state index contributed by atoms with van der Waals surface area (Å²) < 4.78 is 0. The van der Waals surface area contributed by atoms with Gasteiger partial charge < -0.3 is 20.4 Å². The van der Waals surface area contributed by atoms with Crippen molar-refractivity contribution in [3.63, 3.8) is 0 Å². The lowest BCUT2D eigenvalue weighted by atomic mass is 10.1. The number of hydrogen-bond acceptors (Lipinski definition) is 7. The molecule has 178 valence electrons. The number of hydrogen-bond donors (Lipinski definition) is 4. The third-order valence-electron chi connectivity index (χ3n) is 4.26. The molecule has 2 rings (SSSR count). The molecule has 11 heteroatoms. The van der Waals surface area contributed by atoms with Gasteiger partial charge in [-0.15, -0.1) is 0 Å². The summed E-state index contributed by atoms with van der Waals surface area (Å²) in [5, 5.41) is 36.3. The molecule has 0 spiro atoms. The van der Waals surface area contributed by atoms with E-state index in [-0.39, 0.29) is 13.1 Å². The number of aliphatic carboxylic acids is 4. The zero-order valence-corrected chi connectivity index (χ0v) is 18.0. The fourth-order valence-corrected chi connectivity index (χ4v) is 3.11. The number of carboxylic acid groups (broad SMARTS) is 4. The molecule has 1 aromatic heterocycles. The van der Waals surface area contributed by atoms with Crippen molar-refractivity contribution in [3.05, 3.63) is 65.0 Å². The lowest BCUT2D eigenvalue weighted by molar-refractivity contribution is -0.144. The van der Waals surface area contributed by atoms with Gasteiger partial charge in [-0.3, -0.25) is 34.0 Å². The summed E-state index contributed by atoms with van der Waals surface area (Å²) in [5.41, 5.74) is 1.82. The number of carbonyl (C=O) groups is 4. The van der Waals surface area contributed by atoms with Gasteiger partial charge in [0, 0.05) is 24.2 Å². The fraction of sp³-hybridized carbons (Fsp3) is 0.261. The quantitative estimate of drug-likeness (QED) is 0.318. The second-order valence-electron chi connectivity index (χ2n) is 7.32. The molecule has 0 unspecified atom stereocenters. The van der Waals surface area contributed by atoms with Crippen LogP contribution in [0.4, 0.5) is 0 Å². The maximum Gasteiger partial charge on any atom is 0.317 e. The molecule has 1 aromatic carbocycles. The Morgan fingerprint density at radius 2 is 1.03 bits per heavy atom. The van der Waals surface area contributed by atoms with Crippen molar-refractivity contribution in [1.29, 1.82) is 0 Å². The highest BCUT2D eigenvalue weighted by molar-refractivity contribution is 5.73. The van der Waals surface area contributed by atoms with E-state index in [2.05, 4.69) is 16.8 Å². The molecular weight excluding hydrogens is 446 g/mol. The molecule has 0 saturated heterocycles. The third kappa shape index (κ3) is 9.90. The highest BCUT2D eigenvalue weighted by Gasteiger charge is 2.18. The molecule has 0 bridgehead atoms. The first-order valence-corrected chi connectivity index (χ1v) is 9.99. The van der Waals surface area contributed by atoms with Crippen LogP contribution in [0.15, 0.2) is 42.5 Å². The standard InChI is InChI=1S/C23H23N3O8/c27-20(28)12-25(13-21(29)30)10-18-8-17(7-6-16-4-2-1-3-5-16)9-19(24-18)11-26(14-22(31)32)15-23(33)34/h1-5,8-9H,10-15H2,(H,27,28)(H,29,30)(H,31,32)(H,33,34). The molecule has 0 fully saturated rings. The summed E-state index contributed by atoms with van der Waals surface area (Å²) in [5.74, 6) is 1.08. The second kappa shape index (κ2) is 12.7. The minimum atomic E-state index is -1.21. The average molecular weight is 469 g/mol. The topological polar surface area (TPSA) is 169 Å². The van der Waals surface area contributed by atoms with Crippen LogP contribution in [0.5, 0.6) is 0 Å². The van der Waals surface area contributed by atoms with Gasteiger partial charge in [0.15, 0.2) is 0 Å². The molecule has 1 heterocycles. The minimum Gasteiger partial charge on any atom is -0.480 e. The Bertz CT molecular complexity index is 1020. The van der Waals surface area contributed by atoms with Crippen molar-refractivity contribution in [2.75, 3.05) is 26.2 Å². The van der Waals surface area contributed by atoms with Crippen LogP contribution < -0.4 is 0 Å². The number of nitrogens with zero attached hydrogens (tertiary/aromatic N) is 3. The van der Waals surface area contributed by atoms with Gasteiger partial charge in [-0.05, 0) is 24.3 Å². The molecule has 34 heavy (non-hydrogen) atoms. The monoisotopic (exact) mass is 469 g/mol. The lowest BCUT2D eigenvalue weighted by Crippen LogP contribution is -2.35. The molecular formula is C23H23N3O8. The second-order valence-corrected chi connectivity index (χ2v) is 7.32. The van der Waals surface area contributed by atoms with Crippen molar-refractivity contribution in [2.45, 2.75) is 13.1 Å². The maximum absolute atomic E-state index is 11.1. The van der Waals surface area contributed by atoms with E-state index in [1.807, 2.05) is 18.2 Å². The predicted octanol–water partition coefficient (Wildman–Crippen LogP) is 0.424. The van der Waals surface area contributed by atoms with Crippen molar-refractivity contribution in [2.24, 2.45) is 0 Å². The smallest absolute Gasteiger partial charge is 0.317 e. The van der Waals surface area contributed by atoms with Gasteiger partial charge in [0.05, 0.1) is 37.6 Å². The summed E-state index contributed by atoms with van der Waals surface area (Å²) in [4.78, 5) is 51.2. The van der Waals surface area contributed by atoms with E-state index in [1.165, 1.54) is 0 Å². The molecule has 0 aliphatic heterocycles. The Morgan fingerprint density at radius 3 is 1.41 bits per heavy atom. The summed E-state index contributed by atoms with van der Waals surface area (Å²) in [6.45, 7) is -2.38. The van der Waals surface area contributed by atoms with Crippen molar-refractivity contribution >= 4 is 23.9 Å². The summed E-state index contributed by atoms with van der Waals surface area (Å²) in [6, 6.07) is 12.2. The number of benzene rings is 1. The van der Waals surface area contributed by atoms with Crippen molar-refractivity contribution < 1.29 is 39.6 Å². The normalized spacial score (nSPS) is 10.5. The highest BCUT2D eigenvalue weighted by Crippen LogP contribution is 2.12. The number of pyridine rings is 1. The molecule has 0 atom stereocenters. The molecule has 2 aromatic rings. The molecule has 0 saturated carbocycles. The fourth-order valence-electron chi connectivity index (χ4n) is 3.11. The first-order valence-electron chi connectivity index (χ1n) is 9.99. The Labute approximate surface area is 194 Å². The van der Waals surface area contributed by atoms with Gasteiger partial charge in [-0.2, -0.15) is 0 Å². The van der Waals surface area contributed by atoms with Gasteiger partial charge in [0.2, 0.25) is 0 Å². The molecule has 0 aliphatic rings. The first kappa shape index (κ1) is 26.0. The predicted molar refractivity (Wildman–Crippen MR) is 118 cm³/mol. The zero-order valence-electron chi connectivity index (χ0n) is 18.0. The SMILES string of the molecule is O=C(O)CN(CC(=O)O)Cc1cc(C#Cc2ccccc2)cc(CN(CC(=O)O)CC(=O)O)n1. The third-order valence-corrected chi connectivity index (χ3v) is 4.26. The van der Waals surface area contributed by atoms with Gasteiger partial charge in [-0.1, -0.05) is 30.0 Å². The molecule has 0 radical (unpaired) electrons. The first-order chi connectivity index (χ1) is 16.1. The number of rotatable bonds is 12. The van der Waals surface area contributed by atoms with Crippen LogP contribution in [0.25, 0.3) is 0 Å². The van der Waals surface area contributed by atoms with Gasteiger partial charge in [0.25, 0.3) is 0 Å². The molecule has 11 nitrogen and oxygen atoms in total. The minimum absolute atomic E-state index is 0.121. The Morgan fingerprint density at radius 1 is 0.647 bits per heavy atom. The summed E-state index contributed by atoms with van der Waals surface area (Å²) in [7, 11) is 0. The van der Waals surface area contributed by atoms with E-state index in [1.54, 1.807) is 24.3 Å². The Hall–Kier alpha value is -4.27. The number of aromatic nitrogens is 1. The van der Waals surface area contributed by atoms with Crippen molar-refractivity contribution in [3.8, 4) is 11.8 Å². The molecule has 4 N–H and O–H groups in total.